The first-order valence-electron chi connectivity index (χ1n) is 6.77. The molecule has 23 heavy (non-hydrogen) atoms. The number of anilines is 1. The molecule has 0 unspecified atom stereocenters. The summed E-state index contributed by atoms with van der Waals surface area (Å²) < 4.78 is 27.8. The molecule has 0 saturated carbocycles. The third kappa shape index (κ3) is 4.11. The van der Waals surface area contributed by atoms with Gasteiger partial charge in [-0.15, -0.1) is 11.3 Å². The maximum atomic E-state index is 12.3. The predicted octanol–water partition coefficient (Wildman–Crippen LogP) is 2.44. The molecule has 0 aromatic carbocycles. The number of thiophene rings is 1. The number of likely N-dealkylation sites (N-methyl/N-ethyl adjacent to an activating group) is 1. The van der Waals surface area contributed by atoms with Crippen molar-refractivity contribution < 1.29 is 13.2 Å². The molecule has 0 aliphatic rings. The van der Waals surface area contributed by atoms with Gasteiger partial charge in [0.15, 0.2) is 0 Å². The molecule has 7 nitrogen and oxygen atoms in total. The van der Waals surface area contributed by atoms with Gasteiger partial charge >= 0.3 is 0 Å². The van der Waals surface area contributed by atoms with Crippen LogP contribution in [0.4, 0.5) is 5.82 Å². The van der Waals surface area contributed by atoms with Gasteiger partial charge in [0.2, 0.25) is 5.91 Å². The van der Waals surface area contributed by atoms with E-state index in [1.54, 1.807) is 16.9 Å². The van der Waals surface area contributed by atoms with Gasteiger partial charge in [0, 0.05) is 19.2 Å². The molecule has 0 fully saturated rings. The van der Waals surface area contributed by atoms with Crippen molar-refractivity contribution in [2.45, 2.75) is 24.1 Å². The van der Waals surface area contributed by atoms with E-state index in [9.17, 15) is 13.2 Å². The largest absolute Gasteiger partial charge is 0.310 e. The zero-order valence-electron chi connectivity index (χ0n) is 12.9. The molecule has 0 aliphatic carbocycles. The highest BCUT2D eigenvalue weighted by atomic mass is 35.5. The second-order valence-electron chi connectivity index (χ2n) is 5.12. The van der Waals surface area contributed by atoms with Crippen LogP contribution >= 0.6 is 22.9 Å². The second kappa shape index (κ2) is 7.00. The van der Waals surface area contributed by atoms with Crippen LogP contribution in [0.2, 0.25) is 4.34 Å². The predicted molar refractivity (Wildman–Crippen MR) is 90.4 cm³/mol. The van der Waals surface area contributed by atoms with Crippen LogP contribution in [0.5, 0.6) is 0 Å². The summed E-state index contributed by atoms with van der Waals surface area (Å²) in [6, 6.07) is 4.67. The average molecular weight is 377 g/mol. The lowest BCUT2D eigenvalue weighted by Crippen LogP contribution is -2.35. The van der Waals surface area contributed by atoms with Crippen molar-refractivity contribution in [3.8, 4) is 0 Å². The van der Waals surface area contributed by atoms with Gasteiger partial charge in [-0.25, -0.2) is 13.1 Å². The van der Waals surface area contributed by atoms with E-state index in [0.29, 0.717) is 10.2 Å². The molecule has 0 aliphatic heterocycles. The van der Waals surface area contributed by atoms with Crippen LogP contribution < -0.4 is 5.32 Å². The smallest absolute Gasteiger partial charge is 0.252 e. The highest BCUT2D eigenvalue weighted by Gasteiger charge is 2.25. The number of rotatable bonds is 6. The van der Waals surface area contributed by atoms with E-state index in [0.717, 1.165) is 15.6 Å². The summed E-state index contributed by atoms with van der Waals surface area (Å²) in [5.74, 6) is 0.0797. The molecule has 0 atom stereocenters. The number of aromatic nitrogens is 2. The van der Waals surface area contributed by atoms with Crippen molar-refractivity contribution in [3.63, 3.8) is 0 Å². The van der Waals surface area contributed by atoms with E-state index in [-0.39, 0.29) is 16.8 Å². The van der Waals surface area contributed by atoms with Crippen LogP contribution in [-0.4, -0.2) is 42.0 Å². The molecule has 0 bridgehead atoms. The average Bonchev–Trinajstić information content (AvgIpc) is 3.07. The summed E-state index contributed by atoms with van der Waals surface area (Å²) in [7, 11) is -2.38. The number of carbonyl (C=O) groups excluding carboxylic acids is 1. The summed E-state index contributed by atoms with van der Waals surface area (Å²) in [4.78, 5) is 12.1. The Bertz CT molecular complexity index is 798. The number of amides is 1. The zero-order valence-corrected chi connectivity index (χ0v) is 15.2. The number of nitrogens with one attached hydrogen (secondary N) is 1. The van der Waals surface area contributed by atoms with Gasteiger partial charge in [0.05, 0.1) is 17.1 Å². The minimum atomic E-state index is -3.73. The maximum absolute atomic E-state index is 12.3. The van der Waals surface area contributed by atoms with Crippen molar-refractivity contribution in [1.29, 1.82) is 0 Å². The summed E-state index contributed by atoms with van der Waals surface area (Å²) in [5, 5.41) is 6.77. The monoisotopic (exact) mass is 376 g/mol. The van der Waals surface area contributed by atoms with Crippen molar-refractivity contribution in [1.82, 2.24) is 14.1 Å². The molecule has 2 rings (SSSR count). The van der Waals surface area contributed by atoms with Crippen LogP contribution in [0.1, 0.15) is 19.9 Å². The molecule has 1 amide bonds. The molecule has 2 aromatic rings. The Hall–Kier alpha value is -1.42. The Kier molecular flexibility index (Phi) is 5.45. The molecule has 1 N–H and O–H groups in total. The van der Waals surface area contributed by atoms with E-state index in [4.69, 9.17) is 11.6 Å². The molecule has 2 heterocycles. The van der Waals surface area contributed by atoms with Crippen LogP contribution in [0.15, 0.2) is 28.6 Å². The van der Waals surface area contributed by atoms with Crippen LogP contribution in [0.3, 0.4) is 0 Å². The van der Waals surface area contributed by atoms with E-state index in [1.165, 1.54) is 19.2 Å². The van der Waals surface area contributed by atoms with Gasteiger partial charge in [-0.05, 0) is 26.0 Å². The van der Waals surface area contributed by atoms with Crippen molar-refractivity contribution in [3.05, 3.63) is 28.7 Å². The summed E-state index contributed by atoms with van der Waals surface area (Å²) in [6.45, 7) is 3.56. The molecule has 0 saturated heterocycles. The number of hydrogen-bond acceptors (Lipinski definition) is 5. The summed E-state index contributed by atoms with van der Waals surface area (Å²) in [6.07, 6.45) is 1.57. The molecule has 0 radical (unpaired) electrons. The first-order valence-corrected chi connectivity index (χ1v) is 9.40. The van der Waals surface area contributed by atoms with Crippen LogP contribution in [0.25, 0.3) is 0 Å². The Morgan fingerprint density at radius 1 is 1.43 bits per heavy atom. The maximum Gasteiger partial charge on any atom is 0.252 e. The van der Waals surface area contributed by atoms with Gasteiger partial charge in [0.25, 0.3) is 10.0 Å². The number of nitrogens with zero attached hydrogens (tertiary/aromatic N) is 3. The SMILES string of the molecule is CC(C)n1nccc1NC(=O)CN(C)S(=O)(=O)c1ccc(Cl)s1. The van der Waals surface area contributed by atoms with Crippen LogP contribution in [-0.2, 0) is 14.8 Å². The number of halogens is 1. The first kappa shape index (κ1) is 17.9. The topological polar surface area (TPSA) is 84.3 Å². The van der Waals surface area contributed by atoms with E-state index >= 15 is 0 Å². The molecule has 10 heteroatoms. The number of sulfonamides is 1. The third-order valence-electron chi connectivity index (χ3n) is 3.01. The molecule has 0 spiro atoms. The Labute approximate surface area is 143 Å². The Balaban J connectivity index is 2.06. The van der Waals surface area contributed by atoms with E-state index in [1.807, 2.05) is 13.8 Å². The van der Waals surface area contributed by atoms with Gasteiger partial charge in [-0.3, -0.25) is 4.79 Å². The highest BCUT2D eigenvalue weighted by molar-refractivity contribution is 7.91. The van der Waals surface area contributed by atoms with E-state index in [2.05, 4.69) is 10.4 Å². The van der Waals surface area contributed by atoms with Gasteiger partial charge < -0.3 is 5.32 Å². The fourth-order valence-electron chi connectivity index (χ4n) is 1.88. The molecular weight excluding hydrogens is 360 g/mol. The zero-order chi connectivity index (χ0) is 17.2. The summed E-state index contributed by atoms with van der Waals surface area (Å²) in [5.41, 5.74) is 0. The number of carbonyl (C=O) groups is 1. The van der Waals surface area contributed by atoms with Crippen molar-refractivity contribution >= 4 is 44.7 Å². The van der Waals surface area contributed by atoms with Gasteiger partial charge in [0.1, 0.15) is 10.0 Å². The highest BCUT2D eigenvalue weighted by Crippen LogP contribution is 2.27. The van der Waals surface area contributed by atoms with Crippen molar-refractivity contribution in [2.24, 2.45) is 0 Å². The Morgan fingerprint density at radius 3 is 2.70 bits per heavy atom. The fraction of sp³-hybridized carbons (Fsp3) is 0.385. The Morgan fingerprint density at radius 2 is 2.13 bits per heavy atom. The third-order valence-corrected chi connectivity index (χ3v) is 6.51. The molecule has 126 valence electrons. The van der Waals surface area contributed by atoms with Crippen molar-refractivity contribution in [2.75, 3.05) is 18.9 Å². The molecular formula is C13H17ClN4O3S2. The van der Waals surface area contributed by atoms with Gasteiger partial charge in [-0.1, -0.05) is 11.6 Å². The van der Waals surface area contributed by atoms with Gasteiger partial charge in [-0.2, -0.15) is 9.40 Å². The molecule has 2 aromatic heterocycles. The summed E-state index contributed by atoms with van der Waals surface area (Å²) >= 11 is 6.72. The minimum Gasteiger partial charge on any atom is -0.310 e. The standard InChI is InChI=1S/C13H17ClN4O3S2/c1-9(2)18-11(6-7-15-18)16-12(19)8-17(3)23(20,21)13-5-4-10(14)22-13/h4-7,9H,8H2,1-3H3,(H,16,19). The lowest BCUT2D eigenvalue weighted by atomic mass is 10.4. The minimum absolute atomic E-state index is 0.0787. The van der Waals surface area contributed by atoms with E-state index < -0.39 is 15.9 Å². The lowest BCUT2D eigenvalue weighted by molar-refractivity contribution is -0.116. The fourth-order valence-corrected chi connectivity index (χ4v) is 4.70. The quantitative estimate of drug-likeness (QED) is 0.839. The normalized spacial score (nSPS) is 12.1. The first-order chi connectivity index (χ1) is 10.7. The number of hydrogen-bond donors (Lipinski definition) is 1. The van der Waals surface area contributed by atoms with Crippen LogP contribution in [0, 0.1) is 0 Å². The lowest BCUT2D eigenvalue weighted by Gasteiger charge is -2.16. The second-order valence-corrected chi connectivity index (χ2v) is 9.11.